The third-order valence-electron chi connectivity index (χ3n) is 5.38. The molecular weight excluding hydrogens is 396 g/mol. The number of thiophene rings is 1. The van der Waals surface area contributed by atoms with Crippen molar-refractivity contribution in [3.8, 4) is 11.1 Å². The van der Waals surface area contributed by atoms with E-state index in [0.29, 0.717) is 11.1 Å². The summed E-state index contributed by atoms with van der Waals surface area (Å²) in [5.74, 6) is -0.851. The van der Waals surface area contributed by atoms with Gasteiger partial charge < -0.3 is 4.74 Å². The SMILES string of the molecule is Cc1cc(C(=O)CCC(=O)OCC(=O)c2ccc3c(c2)-c2ccccc2C3)c(C)s1. The summed E-state index contributed by atoms with van der Waals surface area (Å²) in [4.78, 5) is 38.9. The average Bonchev–Trinajstić information content (AvgIpc) is 3.28. The Kier molecular flexibility index (Phi) is 5.64. The number of fused-ring (bicyclic) bond motifs is 3. The maximum Gasteiger partial charge on any atom is 0.306 e. The number of rotatable bonds is 7. The standard InChI is InChI=1S/C25H22O4S/c1-15-11-21(16(2)30-15)23(26)9-10-25(28)29-14-24(27)19-8-7-18-12-17-5-3-4-6-20(17)22(18)13-19/h3-8,11,13H,9-10,12,14H2,1-2H3. The minimum Gasteiger partial charge on any atom is -0.457 e. The lowest BCUT2D eigenvalue weighted by Gasteiger charge is -2.07. The summed E-state index contributed by atoms with van der Waals surface area (Å²) in [5, 5.41) is 0. The number of carbonyl (C=O) groups excluding carboxylic acids is 3. The largest absolute Gasteiger partial charge is 0.457 e. The van der Waals surface area contributed by atoms with Crippen molar-refractivity contribution in [2.75, 3.05) is 6.61 Å². The van der Waals surface area contributed by atoms with E-state index in [1.165, 1.54) is 11.1 Å². The number of ketones is 2. The van der Waals surface area contributed by atoms with Gasteiger partial charge in [0, 0.05) is 27.3 Å². The summed E-state index contributed by atoms with van der Waals surface area (Å²) in [6.45, 7) is 3.53. The molecule has 0 N–H and O–H groups in total. The number of benzene rings is 2. The maximum absolute atomic E-state index is 12.5. The monoisotopic (exact) mass is 418 g/mol. The fraction of sp³-hybridized carbons (Fsp3) is 0.240. The van der Waals surface area contributed by atoms with Gasteiger partial charge in [-0.05, 0) is 54.7 Å². The molecule has 1 aromatic heterocycles. The van der Waals surface area contributed by atoms with Gasteiger partial charge in [-0.3, -0.25) is 14.4 Å². The van der Waals surface area contributed by atoms with Crippen LogP contribution in [0.2, 0.25) is 0 Å². The van der Waals surface area contributed by atoms with Crippen LogP contribution in [-0.2, 0) is 16.0 Å². The molecular formula is C25H22O4S. The zero-order valence-corrected chi connectivity index (χ0v) is 17.8. The molecule has 0 fully saturated rings. The van der Waals surface area contributed by atoms with E-state index in [-0.39, 0.29) is 31.0 Å². The van der Waals surface area contributed by atoms with E-state index in [0.717, 1.165) is 27.3 Å². The van der Waals surface area contributed by atoms with Crippen molar-refractivity contribution in [1.29, 1.82) is 0 Å². The van der Waals surface area contributed by atoms with Gasteiger partial charge in [0.25, 0.3) is 0 Å². The highest BCUT2D eigenvalue weighted by Gasteiger charge is 2.20. The van der Waals surface area contributed by atoms with Crippen molar-refractivity contribution in [3.63, 3.8) is 0 Å². The summed E-state index contributed by atoms with van der Waals surface area (Å²) < 4.78 is 5.13. The van der Waals surface area contributed by atoms with Crippen LogP contribution < -0.4 is 0 Å². The number of Topliss-reactive ketones (excluding diaryl/α,β-unsaturated/α-hetero) is 2. The summed E-state index contributed by atoms with van der Waals surface area (Å²) in [6.07, 6.45) is 0.920. The lowest BCUT2D eigenvalue weighted by molar-refractivity contribution is -0.142. The summed E-state index contributed by atoms with van der Waals surface area (Å²) >= 11 is 1.57. The molecule has 152 valence electrons. The van der Waals surface area contributed by atoms with E-state index < -0.39 is 5.97 Å². The van der Waals surface area contributed by atoms with Crippen molar-refractivity contribution in [1.82, 2.24) is 0 Å². The Morgan fingerprint density at radius 1 is 0.900 bits per heavy atom. The third-order valence-corrected chi connectivity index (χ3v) is 6.35. The molecule has 4 nitrogen and oxygen atoms in total. The first-order valence-corrected chi connectivity index (χ1v) is 10.7. The molecule has 0 radical (unpaired) electrons. The van der Waals surface area contributed by atoms with E-state index in [9.17, 15) is 14.4 Å². The first kappa shape index (κ1) is 20.2. The zero-order valence-electron chi connectivity index (χ0n) is 17.0. The second kappa shape index (κ2) is 8.36. The minimum atomic E-state index is -0.534. The van der Waals surface area contributed by atoms with Crippen LogP contribution in [0, 0.1) is 13.8 Å². The first-order chi connectivity index (χ1) is 14.4. The molecule has 3 aromatic rings. The lowest BCUT2D eigenvalue weighted by atomic mass is 10.0. The molecule has 0 atom stereocenters. The van der Waals surface area contributed by atoms with Crippen LogP contribution in [0.1, 0.15) is 54.4 Å². The predicted octanol–water partition coefficient (Wildman–Crippen LogP) is 5.33. The fourth-order valence-corrected chi connectivity index (χ4v) is 4.80. The molecule has 0 saturated carbocycles. The highest BCUT2D eigenvalue weighted by atomic mass is 32.1. The van der Waals surface area contributed by atoms with Gasteiger partial charge in [-0.15, -0.1) is 11.3 Å². The number of ether oxygens (including phenoxy) is 1. The Balaban J connectivity index is 1.33. The van der Waals surface area contributed by atoms with Crippen LogP contribution in [0.5, 0.6) is 0 Å². The van der Waals surface area contributed by atoms with Crippen molar-refractivity contribution in [2.45, 2.75) is 33.1 Å². The van der Waals surface area contributed by atoms with E-state index in [1.807, 2.05) is 44.2 Å². The number of aryl methyl sites for hydroxylation is 2. The Morgan fingerprint density at radius 2 is 1.67 bits per heavy atom. The Hall–Kier alpha value is -3.05. The van der Waals surface area contributed by atoms with Gasteiger partial charge in [0.1, 0.15) is 0 Å². The third kappa shape index (κ3) is 4.12. The van der Waals surface area contributed by atoms with Crippen molar-refractivity contribution in [3.05, 3.63) is 80.5 Å². The molecule has 0 amide bonds. The molecule has 1 aliphatic rings. The van der Waals surface area contributed by atoms with E-state index >= 15 is 0 Å². The second-order valence-electron chi connectivity index (χ2n) is 7.54. The summed E-state index contributed by atoms with van der Waals surface area (Å²) in [6, 6.07) is 15.6. The van der Waals surface area contributed by atoms with Crippen molar-refractivity contribution in [2.24, 2.45) is 0 Å². The molecule has 5 heteroatoms. The summed E-state index contributed by atoms with van der Waals surface area (Å²) in [7, 11) is 0. The maximum atomic E-state index is 12.5. The predicted molar refractivity (Wildman–Crippen MR) is 117 cm³/mol. The highest BCUT2D eigenvalue weighted by Crippen LogP contribution is 2.36. The summed E-state index contributed by atoms with van der Waals surface area (Å²) in [5.41, 5.74) is 5.86. The normalized spacial score (nSPS) is 11.7. The molecule has 0 unspecified atom stereocenters. The molecule has 0 spiro atoms. The van der Waals surface area contributed by atoms with Gasteiger partial charge in [-0.2, -0.15) is 0 Å². The quantitative estimate of drug-likeness (QED) is 0.301. The molecule has 1 aliphatic carbocycles. The minimum absolute atomic E-state index is 0.0298. The molecule has 0 aliphatic heterocycles. The van der Waals surface area contributed by atoms with Crippen LogP contribution in [0.4, 0.5) is 0 Å². The van der Waals surface area contributed by atoms with Crippen molar-refractivity contribution < 1.29 is 19.1 Å². The average molecular weight is 419 g/mol. The van der Waals surface area contributed by atoms with Gasteiger partial charge in [0.15, 0.2) is 18.2 Å². The van der Waals surface area contributed by atoms with E-state index in [4.69, 9.17) is 4.74 Å². The van der Waals surface area contributed by atoms with Crippen LogP contribution in [-0.4, -0.2) is 24.1 Å². The van der Waals surface area contributed by atoms with Crippen LogP contribution in [0.15, 0.2) is 48.5 Å². The van der Waals surface area contributed by atoms with Crippen LogP contribution >= 0.6 is 11.3 Å². The fourth-order valence-electron chi connectivity index (χ4n) is 3.86. The Morgan fingerprint density at radius 3 is 2.43 bits per heavy atom. The van der Waals surface area contributed by atoms with Crippen LogP contribution in [0.25, 0.3) is 11.1 Å². The lowest BCUT2D eigenvalue weighted by Crippen LogP contribution is -2.15. The van der Waals surface area contributed by atoms with Gasteiger partial charge in [0.05, 0.1) is 6.42 Å². The van der Waals surface area contributed by atoms with E-state index in [1.54, 1.807) is 17.4 Å². The topological polar surface area (TPSA) is 60.4 Å². The van der Waals surface area contributed by atoms with Crippen LogP contribution in [0.3, 0.4) is 0 Å². The Bertz CT molecular complexity index is 1160. The Labute approximate surface area is 179 Å². The first-order valence-electron chi connectivity index (χ1n) is 9.92. The molecule has 2 aromatic carbocycles. The van der Waals surface area contributed by atoms with Crippen molar-refractivity contribution >= 4 is 28.9 Å². The van der Waals surface area contributed by atoms with E-state index in [2.05, 4.69) is 12.1 Å². The second-order valence-corrected chi connectivity index (χ2v) is 9.00. The number of hydrogen-bond acceptors (Lipinski definition) is 5. The molecule has 0 saturated heterocycles. The zero-order chi connectivity index (χ0) is 21.3. The number of hydrogen-bond donors (Lipinski definition) is 0. The van der Waals surface area contributed by atoms with Gasteiger partial charge in [-0.25, -0.2) is 0 Å². The molecule has 4 rings (SSSR count). The smallest absolute Gasteiger partial charge is 0.306 e. The van der Waals surface area contributed by atoms with Gasteiger partial charge in [-0.1, -0.05) is 36.4 Å². The molecule has 0 bridgehead atoms. The number of carbonyl (C=O) groups is 3. The van der Waals surface area contributed by atoms with Gasteiger partial charge >= 0.3 is 5.97 Å². The molecule has 30 heavy (non-hydrogen) atoms. The number of esters is 1. The van der Waals surface area contributed by atoms with Gasteiger partial charge in [0.2, 0.25) is 0 Å². The molecule has 1 heterocycles. The highest BCUT2D eigenvalue weighted by molar-refractivity contribution is 7.12.